The Morgan fingerprint density at radius 2 is 1.74 bits per heavy atom. The standard InChI is InChI=1S/C30H40F3N3O3/c1-2-3-4-5-6-7-8-9-13-16-25-35-28(39-36-25)29(19-17-23(18-20-29)21-34-22-26(37)38)27(30(31,32)33)24-14-11-10-12-15-24/h10-12,14-15,17-19,27,34H,2-9,13,16,20-22H2,1H3,(H,37,38). The Labute approximate surface area is 228 Å². The number of alkyl halides is 3. The number of unbranched alkanes of at least 4 members (excludes halogenated alkanes) is 8. The highest BCUT2D eigenvalue weighted by atomic mass is 19.4. The maximum absolute atomic E-state index is 14.7. The molecular formula is C30H40F3N3O3. The van der Waals surface area contributed by atoms with Crippen molar-refractivity contribution < 1.29 is 27.6 Å². The number of hydrogen-bond donors (Lipinski definition) is 2. The molecule has 0 amide bonds. The zero-order chi connectivity index (χ0) is 28.1. The minimum atomic E-state index is -4.58. The van der Waals surface area contributed by atoms with Gasteiger partial charge in [-0.3, -0.25) is 4.79 Å². The van der Waals surface area contributed by atoms with Gasteiger partial charge in [0.25, 0.3) is 0 Å². The van der Waals surface area contributed by atoms with Gasteiger partial charge in [-0.1, -0.05) is 112 Å². The van der Waals surface area contributed by atoms with Crippen LogP contribution in [-0.4, -0.2) is 40.5 Å². The van der Waals surface area contributed by atoms with Crippen LogP contribution in [0.25, 0.3) is 0 Å². The Morgan fingerprint density at radius 3 is 2.33 bits per heavy atom. The Bertz CT molecular complexity index is 1080. The highest BCUT2D eigenvalue weighted by molar-refractivity contribution is 5.69. The number of halogens is 3. The Hall–Kier alpha value is -2.94. The minimum Gasteiger partial charge on any atom is -0.480 e. The lowest BCUT2D eigenvalue weighted by molar-refractivity contribution is -0.164. The van der Waals surface area contributed by atoms with Gasteiger partial charge in [0, 0.05) is 13.0 Å². The van der Waals surface area contributed by atoms with Crippen LogP contribution < -0.4 is 5.32 Å². The van der Waals surface area contributed by atoms with Crippen molar-refractivity contribution in [2.75, 3.05) is 13.1 Å². The summed E-state index contributed by atoms with van der Waals surface area (Å²) < 4.78 is 49.7. The van der Waals surface area contributed by atoms with Crippen LogP contribution in [0.2, 0.25) is 0 Å². The molecule has 9 heteroatoms. The minimum absolute atomic E-state index is 0.00762. The molecule has 6 nitrogen and oxygen atoms in total. The number of aliphatic carboxylic acids is 1. The van der Waals surface area contributed by atoms with Crippen molar-refractivity contribution in [1.29, 1.82) is 0 Å². The summed E-state index contributed by atoms with van der Waals surface area (Å²) in [5.41, 5.74) is -0.788. The SMILES string of the molecule is CCCCCCCCCCCc1noc(C2(C(c3ccccc3)C(F)(F)F)C=CC(CNCC(=O)O)=CC2)n1. The van der Waals surface area contributed by atoms with Crippen molar-refractivity contribution in [1.82, 2.24) is 15.5 Å². The summed E-state index contributed by atoms with van der Waals surface area (Å²) in [7, 11) is 0. The van der Waals surface area contributed by atoms with Gasteiger partial charge >= 0.3 is 12.1 Å². The number of carboxylic acid groups (broad SMARTS) is 1. The molecule has 2 aromatic rings. The number of rotatable bonds is 17. The topological polar surface area (TPSA) is 88.2 Å². The van der Waals surface area contributed by atoms with E-state index in [1.165, 1.54) is 56.7 Å². The third kappa shape index (κ3) is 9.05. The predicted octanol–water partition coefficient (Wildman–Crippen LogP) is 7.29. The summed E-state index contributed by atoms with van der Waals surface area (Å²) in [6.07, 6.45) is 11.3. The maximum Gasteiger partial charge on any atom is 0.397 e. The van der Waals surface area contributed by atoms with Gasteiger partial charge in [0.2, 0.25) is 5.89 Å². The average molecular weight is 548 g/mol. The lowest BCUT2D eigenvalue weighted by Gasteiger charge is -2.38. The quantitative estimate of drug-likeness (QED) is 0.202. The molecule has 1 aliphatic rings. The molecule has 0 fully saturated rings. The second-order valence-corrected chi connectivity index (χ2v) is 10.3. The van der Waals surface area contributed by atoms with Crippen molar-refractivity contribution >= 4 is 5.97 Å². The summed E-state index contributed by atoms with van der Waals surface area (Å²) >= 11 is 0. The smallest absolute Gasteiger partial charge is 0.397 e. The summed E-state index contributed by atoms with van der Waals surface area (Å²) in [5, 5.41) is 15.7. The molecule has 1 aromatic carbocycles. The number of carbonyl (C=O) groups is 1. The van der Waals surface area contributed by atoms with E-state index in [0.29, 0.717) is 17.8 Å². The molecule has 0 aliphatic heterocycles. The van der Waals surface area contributed by atoms with E-state index >= 15 is 0 Å². The van der Waals surface area contributed by atoms with Gasteiger partial charge in [-0.2, -0.15) is 18.2 Å². The number of allylic oxidation sites excluding steroid dienone is 2. The van der Waals surface area contributed by atoms with Gasteiger partial charge in [0.05, 0.1) is 17.9 Å². The fraction of sp³-hybridized carbons (Fsp3) is 0.567. The van der Waals surface area contributed by atoms with Crippen LogP contribution in [0.4, 0.5) is 13.2 Å². The van der Waals surface area contributed by atoms with E-state index < -0.39 is 23.5 Å². The highest BCUT2D eigenvalue weighted by Gasteiger charge is 2.56. The molecule has 2 unspecified atom stereocenters. The van der Waals surface area contributed by atoms with Crippen LogP contribution in [-0.2, 0) is 16.6 Å². The number of hydrogen-bond acceptors (Lipinski definition) is 5. The lowest BCUT2D eigenvalue weighted by atomic mass is 9.67. The Balaban J connectivity index is 1.74. The third-order valence-corrected chi connectivity index (χ3v) is 7.25. The van der Waals surface area contributed by atoms with Gasteiger partial charge in [-0.25, -0.2) is 0 Å². The van der Waals surface area contributed by atoms with E-state index in [2.05, 4.69) is 22.4 Å². The number of aryl methyl sites for hydroxylation is 1. The lowest BCUT2D eigenvalue weighted by Crippen LogP contribution is -2.42. The van der Waals surface area contributed by atoms with E-state index in [1.54, 1.807) is 30.4 Å². The zero-order valence-electron chi connectivity index (χ0n) is 22.7. The Morgan fingerprint density at radius 1 is 1.08 bits per heavy atom. The number of carboxylic acids is 1. The van der Waals surface area contributed by atoms with Crippen molar-refractivity contribution in [2.24, 2.45) is 0 Å². The molecule has 214 valence electrons. The van der Waals surface area contributed by atoms with Crippen LogP contribution in [0.5, 0.6) is 0 Å². The first-order valence-electron chi connectivity index (χ1n) is 14.0. The summed E-state index contributed by atoms with van der Waals surface area (Å²) in [4.78, 5) is 15.3. The third-order valence-electron chi connectivity index (χ3n) is 7.25. The van der Waals surface area contributed by atoms with E-state index in [0.717, 1.165) is 19.3 Å². The van der Waals surface area contributed by atoms with Crippen molar-refractivity contribution in [3.8, 4) is 0 Å². The first kappa shape index (κ1) is 30.6. The predicted molar refractivity (Wildman–Crippen MR) is 144 cm³/mol. The second-order valence-electron chi connectivity index (χ2n) is 10.3. The molecule has 2 N–H and O–H groups in total. The zero-order valence-corrected chi connectivity index (χ0v) is 22.7. The molecule has 1 heterocycles. The van der Waals surface area contributed by atoms with Crippen LogP contribution in [0, 0.1) is 0 Å². The first-order valence-corrected chi connectivity index (χ1v) is 14.0. The summed E-state index contributed by atoms with van der Waals surface area (Å²) in [6, 6.07) is 7.81. The number of benzene rings is 1. The molecule has 3 rings (SSSR count). The van der Waals surface area contributed by atoms with Crippen molar-refractivity contribution in [3.05, 3.63) is 71.4 Å². The molecular weight excluding hydrogens is 507 g/mol. The van der Waals surface area contributed by atoms with Gasteiger partial charge in [-0.05, 0) is 24.0 Å². The molecule has 0 saturated heterocycles. The van der Waals surface area contributed by atoms with Crippen LogP contribution in [0.1, 0.15) is 94.3 Å². The van der Waals surface area contributed by atoms with Crippen LogP contribution >= 0.6 is 0 Å². The van der Waals surface area contributed by atoms with E-state index in [1.807, 2.05) is 0 Å². The molecule has 0 bridgehead atoms. The maximum atomic E-state index is 14.7. The summed E-state index contributed by atoms with van der Waals surface area (Å²) in [6.45, 7) is 2.20. The number of aromatic nitrogens is 2. The average Bonchev–Trinajstić information content (AvgIpc) is 3.38. The monoisotopic (exact) mass is 547 g/mol. The molecule has 0 saturated carbocycles. The fourth-order valence-corrected chi connectivity index (χ4v) is 5.20. The number of nitrogens with one attached hydrogen (secondary N) is 1. The normalized spacial score (nSPS) is 18.2. The highest BCUT2D eigenvalue weighted by Crippen LogP contribution is 2.52. The van der Waals surface area contributed by atoms with Gasteiger partial charge in [0.15, 0.2) is 5.82 Å². The molecule has 2 atom stereocenters. The van der Waals surface area contributed by atoms with Crippen molar-refractivity contribution in [2.45, 2.75) is 95.1 Å². The van der Waals surface area contributed by atoms with Gasteiger partial charge in [-0.15, -0.1) is 0 Å². The van der Waals surface area contributed by atoms with Gasteiger partial charge in [0.1, 0.15) is 0 Å². The molecule has 0 radical (unpaired) electrons. The van der Waals surface area contributed by atoms with E-state index in [9.17, 15) is 18.0 Å². The summed E-state index contributed by atoms with van der Waals surface area (Å²) in [5.74, 6) is -2.53. The van der Waals surface area contributed by atoms with Gasteiger partial charge < -0.3 is 14.9 Å². The van der Waals surface area contributed by atoms with Crippen molar-refractivity contribution in [3.63, 3.8) is 0 Å². The first-order chi connectivity index (χ1) is 18.8. The molecule has 1 aliphatic carbocycles. The second kappa shape index (κ2) is 15.0. The largest absolute Gasteiger partial charge is 0.480 e. The molecule has 0 spiro atoms. The van der Waals surface area contributed by atoms with Crippen LogP contribution in [0.3, 0.4) is 0 Å². The number of nitrogens with zero attached hydrogens (tertiary/aromatic N) is 2. The molecule has 39 heavy (non-hydrogen) atoms. The fourth-order valence-electron chi connectivity index (χ4n) is 5.20. The van der Waals surface area contributed by atoms with Crippen LogP contribution in [0.15, 0.2) is 58.7 Å². The molecule has 1 aromatic heterocycles. The van der Waals surface area contributed by atoms with E-state index in [-0.39, 0.29) is 31.0 Å². The Kier molecular flexibility index (Phi) is 11.8. The van der Waals surface area contributed by atoms with E-state index in [4.69, 9.17) is 9.63 Å².